The van der Waals surface area contributed by atoms with Crippen LogP contribution in [0.5, 0.6) is 5.75 Å². The quantitative estimate of drug-likeness (QED) is 0.613. The number of ether oxygens (including phenoxy) is 1. The molecule has 0 fully saturated rings. The molecule has 21 heavy (non-hydrogen) atoms. The molecule has 106 valence electrons. The van der Waals surface area contributed by atoms with E-state index in [0.717, 1.165) is 6.07 Å². The second-order valence-corrected chi connectivity index (χ2v) is 5.07. The summed E-state index contributed by atoms with van der Waals surface area (Å²) in [6, 6.07) is 4.46. The van der Waals surface area contributed by atoms with E-state index < -0.39 is 16.4 Å². The summed E-state index contributed by atoms with van der Waals surface area (Å²) in [7, 11) is 0. The van der Waals surface area contributed by atoms with E-state index in [2.05, 4.69) is 25.9 Å². The number of nitro groups is 1. The number of benzene rings is 1. The van der Waals surface area contributed by atoms with Gasteiger partial charge in [-0.05, 0) is 34.1 Å². The summed E-state index contributed by atoms with van der Waals surface area (Å²) in [5, 5.41) is 11.1. The highest BCUT2D eigenvalue weighted by molar-refractivity contribution is 9.10. The normalized spacial score (nSPS) is 13.1. The standard InChI is InChI=1S/C13H7BrFN3O3/c14-8-4-9(15)12(18(19)20)11-13(8)21-6-10(17-11)7-2-1-3-16-5-7/h1-5H,6H2. The van der Waals surface area contributed by atoms with E-state index in [0.29, 0.717) is 11.3 Å². The molecular weight excluding hydrogens is 345 g/mol. The third-order valence-corrected chi connectivity index (χ3v) is 3.50. The summed E-state index contributed by atoms with van der Waals surface area (Å²) in [5.41, 5.74) is 0.292. The van der Waals surface area contributed by atoms with Crippen LogP contribution in [0.15, 0.2) is 40.1 Å². The lowest BCUT2D eigenvalue weighted by molar-refractivity contribution is -0.386. The number of hydrogen-bond donors (Lipinski definition) is 0. The first-order valence-corrected chi connectivity index (χ1v) is 6.64. The Kier molecular flexibility index (Phi) is 3.38. The van der Waals surface area contributed by atoms with Crippen molar-refractivity contribution in [1.29, 1.82) is 0 Å². The van der Waals surface area contributed by atoms with Gasteiger partial charge in [0.2, 0.25) is 5.82 Å². The van der Waals surface area contributed by atoms with Crippen LogP contribution < -0.4 is 4.74 Å². The monoisotopic (exact) mass is 351 g/mol. The molecule has 0 spiro atoms. The lowest BCUT2D eigenvalue weighted by atomic mass is 10.1. The van der Waals surface area contributed by atoms with Gasteiger partial charge in [0, 0.05) is 18.0 Å². The fraction of sp³-hybridized carbons (Fsp3) is 0.0769. The number of pyridine rings is 1. The van der Waals surface area contributed by atoms with Gasteiger partial charge in [-0.25, -0.2) is 4.99 Å². The van der Waals surface area contributed by atoms with Gasteiger partial charge >= 0.3 is 5.69 Å². The fourth-order valence-corrected chi connectivity index (χ4v) is 2.49. The molecule has 1 aliphatic heterocycles. The van der Waals surface area contributed by atoms with Crippen molar-refractivity contribution in [2.75, 3.05) is 6.61 Å². The molecule has 6 nitrogen and oxygen atoms in total. The van der Waals surface area contributed by atoms with Crippen molar-refractivity contribution in [2.24, 2.45) is 4.99 Å². The summed E-state index contributed by atoms with van der Waals surface area (Å²) in [5.74, 6) is -0.804. The molecule has 2 heterocycles. The van der Waals surface area contributed by atoms with Crippen molar-refractivity contribution in [1.82, 2.24) is 4.98 Å². The highest BCUT2D eigenvalue weighted by Crippen LogP contribution is 2.46. The molecule has 0 saturated heterocycles. The van der Waals surface area contributed by atoms with E-state index >= 15 is 0 Å². The second kappa shape index (κ2) is 5.21. The van der Waals surface area contributed by atoms with Gasteiger partial charge in [0.05, 0.1) is 15.1 Å². The first-order valence-electron chi connectivity index (χ1n) is 5.85. The first kappa shape index (κ1) is 13.6. The molecule has 2 aromatic rings. The van der Waals surface area contributed by atoms with Crippen molar-refractivity contribution in [3.63, 3.8) is 0 Å². The lowest BCUT2D eigenvalue weighted by Crippen LogP contribution is -2.17. The number of aromatic nitrogens is 1. The van der Waals surface area contributed by atoms with Gasteiger partial charge < -0.3 is 4.74 Å². The van der Waals surface area contributed by atoms with Crippen molar-refractivity contribution in [2.45, 2.75) is 0 Å². The van der Waals surface area contributed by atoms with Crippen LogP contribution >= 0.6 is 15.9 Å². The second-order valence-electron chi connectivity index (χ2n) is 4.21. The Morgan fingerprint density at radius 1 is 1.48 bits per heavy atom. The Morgan fingerprint density at radius 3 is 2.95 bits per heavy atom. The zero-order valence-electron chi connectivity index (χ0n) is 10.4. The van der Waals surface area contributed by atoms with Gasteiger partial charge in [-0.15, -0.1) is 0 Å². The molecule has 0 saturated carbocycles. The maximum Gasteiger partial charge on any atom is 0.334 e. The molecule has 0 bridgehead atoms. The maximum absolute atomic E-state index is 13.8. The Morgan fingerprint density at radius 2 is 2.29 bits per heavy atom. The zero-order chi connectivity index (χ0) is 15.0. The highest BCUT2D eigenvalue weighted by atomic mass is 79.9. The minimum Gasteiger partial charge on any atom is -0.484 e. The Hall–Kier alpha value is -2.35. The number of hydrogen-bond acceptors (Lipinski definition) is 5. The van der Waals surface area contributed by atoms with Crippen LogP contribution in [-0.2, 0) is 0 Å². The van der Waals surface area contributed by atoms with Gasteiger partial charge in [-0.3, -0.25) is 15.1 Å². The van der Waals surface area contributed by atoms with E-state index in [9.17, 15) is 14.5 Å². The SMILES string of the molecule is O=[N+]([O-])c1c(F)cc(Br)c2c1N=C(c1cccnc1)CO2. The molecule has 8 heteroatoms. The molecule has 1 aliphatic rings. The predicted molar refractivity (Wildman–Crippen MR) is 76.7 cm³/mol. The summed E-state index contributed by atoms with van der Waals surface area (Å²) in [6.45, 7) is 0.125. The van der Waals surface area contributed by atoms with E-state index in [-0.39, 0.29) is 22.5 Å². The minimum absolute atomic E-state index is 0.125. The van der Waals surface area contributed by atoms with Crippen LogP contribution in [-0.4, -0.2) is 22.2 Å². The number of nitro benzene ring substituents is 1. The molecule has 1 aromatic heterocycles. The van der Waals surface area contributed by atoms with E-state index in [4.69, 9.17) is 4.74 Å². The van der Waals surface area contributed by atoms with Gasteiger partial charge in [-0.1, -0.05) is 0 Å². The zero-order valence-corrected chi connectivity index (χ0v) is 12.0. The van der Waals surface area contributed by atoms with Crippen LogP contribution in [0.1, 0.15) is 5.56 Å². The molecule has 0 atom stereocenters. The summed E-state index contributed by atoms with van der Waals surface area (Å²) < 4.78 is 19.6. The lowest BCUT2D eigenvalue weighted by Gasteiger charge is -2.18. The average molecular weight is 352 g/mol. The minimum atomic E-state index is -0.967. The molecule has 0 radical (unpaired) electrons. The van der Waals surface area contributed by atoms with Gasteiger partial charge in [-0.2, -0.15) is 4.39 Å². The van der Waals surface area contributed by atoms with E-state index in [1.165, 1.54) is 0 Å². The molecule has 1 aromatic carbocycles. The molecule has 0 N–H and O–H groups in total. The third kappa shape index (κ3) is 2.38. The van der Waals surface area contributed by atoms with Crippen molar-refractivity contribution in [3.05, 3.63) is 56.6 Å². The number of halogens is 2. The predicted octanol–water partition coefficient (Wildman–Crippen LogP) is 3.40. The van der Waals surface area contributed by atoms with Crippen LogP contribution in [0, 0.1) is 15.9 Å². The highest BCUT2D eigenvalue weighted by Gasteiger charge is 2.30. The Labute approximate surface area is 126 Å². The number of aliphatic imine (C=N–C) groups is 1. The van der Waals surface area contributed by atoms with Crippen LogP contribution in [0.3, 0.4) is 0 Å². The van der Waals surface area contributed by atoms with Crippen LogP contribution in [0.25, 0.3) is 0 Å². The third-order valence-electron chi connectivity index (χ3n) is 2.91. The average Bonchev–Trinajstić information content (AvgIpc) is 2.47. The van der Waals surface area contributed by atoms with Crippen molar-refractivity contribution >= 4 is 33.0 Å². The first-order chi connectivity index (χ1) is 10.1. The Bertz CT molecular complexity index is 765. The molecule has 0 amide bonds. The molecular formula is C13H7BrFN3O3. The fourth-order valence-electron chi connectivity index (χ4n) is 1.98. The Balaban J connectivity index is 2.22. The van der Waals surface area contributed by atoms with Crippen molar-refractivity contribution < 1.29 is 14.1 Å². The number of rotatable bonds is 2. The number of fused-ring (bicyclic) bond motifs is 1. The maximum atomic E-state index is 13.8. The number of nitrogens with zero attached hydrogens (tertiary/aromatic N) is 3. The molecule has 0 unspecified atom stereocenters. The van der Waals surface area contributed by atoms with Crippen LogP contribution in [0.2, 0.25) is 0 Å². The largest absolute Gasteiger partial charge is 0.484 e. The van der Waals surface area contributed by atoms with E-state index in [1.807, 2.05) is 0 Å². The van der Waals surface area contributed by atoms with E-state index in [1.54, 1.807) is 24.5 Å². The van der Waals surface area contributed by atoms with Crippen LogP contribution in [0.4, 0.5) is 15.8 Å². The summed E-state index contributed by atoms with van der Waals surface area (Å²) in [4.78, 5) is 18.4. The smallest absolute Gasteiger partial charge is 0.334 e. The molecule has 3 rings (SSSR count). The molecule has 0 aliphatic carbocycles. The van der Waals surface area contributed by atoms with Gasteiger partial charge in [0.25, 0.3) is 0 Å². The summed E-state index contributed by atoms with van der Waals surface area (Å²) >= 11 is 3.12. The van der Waals surface area contributed by atoms with Gasteiger partial charge in [0.15, 0.2) is 11.4 Å². The summed E-state index contributed by atoms with van der Waals surface area (Å²) in [6.07, 6.45) is 3.16. The van der Waals surface area contributed by atoms with Crippen molar-refractivity contribution in [3.8, 4) is 5.75 Å². The topological polar surface area (TPSA) is 77.6 Å². The van der Waals surface area contributed by atoms with Gasteiger partial charge in [0.1, 0.15) is 6.61 Å².